The standard InChI is InChI=1S/C22H28N4O3/c1-5-7-8-9-20(17(3)29-4)19(15-23-6-2)11-13-25-22(28)18-10-12-24-21(14-18)26-16-27/h5-7,10-16,20H,3,8-9H2,1-2,4H3,(H,25,28)(H,24,26,27)/b7-5-,13-11+,19-15+,23-6?. The lowest BCUT2D eigenvalue weighted by molar-refractivity contribution is -0.105. The summed E-state index contributed by atoms with van der Waals surface area (Å²) in [6.45, 7) is 7.80. The van der Waals surface area contributed by atoms with Crippen molar-refractivity contribution in [1.29, 1.82) is 0 Å². The van der Waals surface area contributed by atoms with Gasteiger partial charge in [-0.25, -0.2) is 4.98 Å². The molecule has 1 atom stereocenters. The molecule has 2 N–H and O–H groups in total. The molecule has 1 aromatic heterocycles. The average Bonchev–Trinajstić information content (AvgIpc) is 2.74. The molecule has 0 saturated carbocycles. The van der Waals surface area contributed by atoms with Gasteiger partial charge >= 0.3 is 0 Å². The lowest BCUT2D eigenvalue weighted by Crippen LogP contribution is -2.18. The number of anilines is 1. The highest BCUT2D eigenvalue weighted by Gasteiger charge is 2.16. The van der Waals surface area contributed by atoms with E-state index < -0.39 is 0 Å². The van der Waals surface area contributed by atoms with Gasteiger partial charge in [-0.05, 0) is 50.5 Å². The van der Waals surface area contributed by atoms with Crippen LogP contribution in [0.2, 0.25) is 0 Å². The van der Waals surface area contributed by atoms with E-state index in [1.807, 2.05) is 19.9 Å². The zero-order chi connectivity index (χ0) is 21.5. The van der Waals surface area contributed by atoms with Crippen molar-refractivity contribution in [2.24, 2.45) is 10.9 Å². The Morgan fingerprint density at radius 2 is 2.21 bits per heavy atom. The van der Waals surface area contributed by atoms with Gasteiger partial charge in [-0.2, -0.15) is 0 Å². The van der Waals surface area contributed by atoms with Crippen molar-refractivity contribution in [3.8, 4) is 0 Å². The number of hydrogen-bond donors (Lipinski definition) is 2. The van der Waals surface area contributed by atoms with Crippen molar-refractivity contribution in [2.75, 3.05) is 12.4 Å². The maximum Gasteiger partial charge on any atom is 0.255 e. The summed E-state index contributed by atoms with van der Waals surface area (Å²) in [5.41, 5.74) is 1.23. The molecule has 154 valence electrons. The number of nitrogens with one attached hydrogen (secondary N) is 2. The molecular weight excluding hydrogens is 368 g/mol. The third-order valence-electron chi connectivity index (χ3n) is 4.00. The van der Waals surface area contributed by atoms with Crippen LogP contribution >= 0.6 is 0 Å². The minimum absolute atomic E-state index is 0.0719. The van der Waals surface area contributed by atoms with Crippen LogP contribution in [0.1, 0.15) is 37.0 Å². The van der Waals surface area contributed by atoms with E-state index in [9.17, 15) is 9.59 Å². The monoisotopic (exact) mass is 396 g/mol. The van der Waals surface area contributed by atoms with Crippen LogP contribution < -0.4 is 10.6 Å². The van der Waals surface area contributed by atoms with Crippen LogP contribution in [-0.4, -0.2) is 30.6 Å². The number of aliphatic imine (C=N–C) groups is 1. The van der Waals surface area contributed by atoms with E-state index in [0.717, 1.165) is 18.4 Å². The zero-order valence-corrected chi connectivity index (χ0v) is 17.1. The summed E-state index contributed by atoms with van der Waals surface area (Å²) in [4.78, 5) is 31.0. The van der Waals surface area contributed by atoms with Crippen LogP contribution in [0.15, 0.2) is 71.9 Å². The summed E-state index contributed by atoms with van der Waals surface area (Å²) in [6, 6.07) is 3.05. The Labute approximate surface area is 172 Å². The summed E-state index contributed by atoms with van der Waals surface area (Å²) in [7, 11) is 1.59. The number of aromatic nitrogens is 1. The number of ether oxygens (including phenoxy) is 1. The van der Waals surface area contributed by atoms with Gasteiger partial charge in [0.05, 0.1) is 12.9 Å². The van der Waals surface area contributed by atoms with E-state index in [-0.39, 0.29) is 11.8 Å². The van der Waals surface area contributed by atoms with Crippen LogP contribution in [0.25, 0.3) is 0 Å². The molecule has 1 rings (SSSR count). The Hall–Kier alpha value is -3.48. The molecule has 0 fully saturated rings. The Balaban J connectivity index is 2.96. The maximum atomic E-state index is 12.4. The highest BCUT2D eigenvalue weighted by Crippen LogP contribution is 2.26. The molecule has 0 aromatic carbocycles. The predicted octanol–water partition coefficient (Wildman–Crippen LogP) is 4.00. The molecule has 1 unspecified atom stereocenters. The first-order valence-electron chi connectivity index (χ1n) is 9.22. The normalized spacial score (nSPS) is 13.0. The number of amides is 2. The Kier molecular flexibility index (Phi) is 11.1. The maximum absolute atomic E-state index is 12.4. The lowest BCUT2D eigenvalue weighted by atomic mass is 9.92. The van der Waals surface area contributed by atoms with Gasteiger partial charge in [0, 0.05) is 36.3 Å². The van der Waals surface area contributed by atoms with Crippen LogP contribution in [0.5, 0.6) is 0 Å². The van der Waals surface area contributed by atoms with Crippen LogP contribution in [-0.2, 0) is 9.53 Å². The van der Waals surface area contributed by atoms with Gasteiger partial charge in [0.25, 0.3) is 5.91 Å². The van der Waals surface area contributed by atoms with E-state index in [0.29, 0.717) is 23.6 Å². The Morgan fingerprint density at radius 1 is 1.41 bits per heavy atom. The second-order valence-electron chi connectivity index (χ2n) is 5.90. The summed E-state index contributed by atoms with van der Waals surface area (Å²) >= 11 is 0. The number of rotatable bonds is 12. The van der Waals surface area contributed by atoms with Gasteiger partial charge < -0.3 is 15.4 Å². The SMILES string of the molecule is C=C(OC)C(CC/C=C\C)C(/C=C/NC(=O)c1ccnc(NC=O)c1)=C/N=CC. The molecule has 29 heavy (non-hydrogen) atoms. The second-order valence-corrected chi connectivity index (χ2v) is 5.90. The Morgan fingerprint density at radius 3 is 2.86 bits per heavy atom. The summed E-state index contributed by atoms with van der Waals surface area (Å²) in [5.74, 6) is 0.529. The highest BCUT2D eigenvalue weighted by molar-refractivity contribution is 5.95. The van der Waals surface area contributed by atoms with Gasteiger partial charge in [0.1, 0.15) is 5.82 Å². The Bertz CT molecular complexity index is 810. The molecule has 0 spiro atoms. The minimum atomic E-state index is -0.327. The molecule has 0 aliphatic rings. The molecule has 2 amide bonds. The third kappa shape index (κ3) is 8.38. The topological polar surface area (TPSA) is 92.7 Å². The fourth-order valence-corrected chi connectivity index (χ4v) is 2.50. The van der Waals surface area contributed by atoms with Gasteiger partial charge in [0.15, 0.2) is 0 Å². The molecule has 0 bridgehead atoms. The van der Waals surface area contributed by atoms with Crippen molar-refractivity contribution in [3.05, 3.63) is 72.4 Å². The van der Waals surface area contributed by atoms with Gasteiger partial charge in [-0.1, -0.05) is 18.7 Å². The van der Waals surface area contributed by atoms with E-state index >= 15 is 0 Å². The van der Waals surface area contributed by atoms with Crippen molar-refractivity contribution in [1.82, 2.24) is 10.3 Å². The average molecular weight is 396 g/mol. The molecule has 0 aliphatic heterocycles. The van der Waals surface area contributed by atoms with Crippen LogP contribution in [0.4, 0.5) is 5.82 Å². The molecule has 7 heteroatoms. The first kappa shape index (κ1) is 23.6. The van der Waals surface area contributed by atoms with Crippen LogP contribution in [0, 0.1) is 5.92 Å². The summed E-state index contributed by atoms with van der Waals surface area (Å²) < 4.78 is 5.36. The number of hydrogen-bond acceptors (Lipinski definition) is 5. The summed E-state index contributed by atoms with van der Waals surface area (Å²) in [6.07, 6.45) is 14.4. The van der Waals surface area contributed by atoms with E-state index in [1.165, 1.54) is 12.3 Å². The van der Waals surface area contributed by atoms with Crippen molar-refractivity contribution < 1.29 is 14.3 Å². The smallest absolute Gasteiger partial charge is 0.255 e. The molecule has 0 aliphatic carbocycles. The fraction of sp³-hybridized carbons (Fsp3) is 0.273. The predicted molar refractivity (Wildman–Crippen MR) is 116 cm³/mol. The fourth-order valence-electron chi connectivity index (χ4n) is 2.50. The first-order valence-corrected chi connectivity index (χ1v) is 9.22. The quantitative estimate of drug-likeness (QED) is 0.184. The molecule has 0 radical (unpaired) electrons. The third-order valence-corrected chi connectivity index (χ3v) is 4.00. The second kappa shape index (κ2) is 13.7. The first-order chi connectivity index (χ1) is 14.1. The number of methoxy groups -OCH3 is 1. The number of carbonyl (C=O) groups is 2. The molecule has 0 saturated heterocycles. The van der Waals surface area contributed by atoms with E-state index in [4.69, 9.17) is 4.74 Å². The molecule has 1 heterocycles. The van der Waals surface area contributed by atoms with Gasteiger partial charge in [-0.15, -0.1) is 0 Å². The highest BCUT2D eigenvalue weighted by atomic mass is 16.5. The van der Waals surface area contributed by atoms with E-state index in [1.54, 1.807) is 37.9 Å². The number of allylic oxidation sites excluding steroid dienone is 4. The van der Waals surface area contributed by atoms with Gasteiger partial charge in [-0.3, -0.25) is 14.6 Å². The molecular formula is C22H28N4O3. The van der Waals surface area contributed by atoms with Gasteiger partial charge in [0.2, 0.25) is 6.41 Å². The molecule has 7 nitrogen and oxygen atoms in total. The summed E-state index contributed by atoms with van der Waals surface area (Å²) in [5, 5.41) is 5.13. The number of carbonyl (C=O) groups excluding carboxylic acids is 2. The zero-order valence-electron chi connectivity index (χ0n) is 17.1. The van der Waals surface area contributed by atoms with Crippen molar-refractivity contribution >= 4 is 24.3 Å². The number of pyridine rings is 1. The lowest BCUT2D eigenvalue weighted by Gasteiger charge is -2.19. The molecule has 1 aromatic rings. The van der Waals surface area contributed by atoms with Crippen molar-refractivity contribution in [2.45, 2.75) is 26.7 Å². The van der Waals surface area contributed by atoms with Crippen LogP contribution in [0.3, 0.4) is 0 Å². The largest absolute Gasteiger partial charge is 0.501 e. The number of nitrogens with zero attached hydrogens (tertiary/aromatic N) is 2. The minimum Gasteiger partial charge on any atom is -0.501 e. The van der Waals surface area contributed by atoms with Crippen molar-refractivity contribution in [3.63, 3.8) is 0 Å². The van der Waals surface area contributed by atoms with E-state index in [2.05, 4.69) is 33.3 Å².